The van der Waals surface area contributed by atoms with Gasteiger partial charge in [0, 0.05) is 30.6 Å². The molecule has 6 nitrogen and oxygen atoms in total. The highest BCUT2D eigenvalue weighted by atomic mass is 16.5. The van der Waals surface area contributed by atoms with E-state index in [1.807, 2.05) is 24.4 Å². The van der Waals surface area contributed by atoms with Crippen molar-refractivity contribution in [3.05, 3.63) is 30.0 Å². The third-order valence-electron chi connectivity index (χ3n) is 3.95. The first-order chi connectivity index (χ1) is 11.7. The van der Waals surface area contributed by atoms with Gasteiger partial charge in [-0.15, -0.1) is 0 Å². The maximum atomic E-state index is 11.0. The van der Waals surface area contributed by atoms with E-state index in [1.165, 1.54) is 6.92 Å². The molecule has 1 aromatic carbocycles. The first-order valence-electron chi connectivity index (χ1n) is 8.74. The Kier molecular flexibility index (Phi) is 6.45. The number of aliphatic hydroxyl groups is 1. The standard InChI is InChI=1S/C19H29N3O3/c1-13(23)20-8-7-14-10-21-18-6-5-16(9-17(14)18)25-12-15(24)11-22-19(2,3)4/h5-6,9-10,15,21-22,24H,7-8,11-12H2,1-4H3,(H,20,23)/p+1/t15-/m1/s1. The van der Waals surface area contributed by atoms with Crippen LogP contribution in [0.1, 0.15) is 33.3 Å². The number of aliphatic hydroxyl groups excluding tert-OH is 1. The van der Waals surface area contributed by atoms with Crippen molar-refractivity contribution in [1.82, 2.24) is 10.3 Å². The number of nitrogens with one attached hydrogen (secondary N) is 2. The van der Waals surface area contributed by atoms with Gasteiger partial charge in [0.25, 0.3) is 0 Å². The molecule has 6 heteroatoms. The minimum absolute atomic E-state index is 0.0232. The normalized spacial score (nSPS) is 13.0. The molecule has 138 valence electrons. The number of nitrogens with two attached hydrogens (primary N) is 1. The summed E-state index contributed by atoms with van der Waals surface area (Å²) in [6.07, 6.45) is 2.20. The summed E-state index contributed by atoms with van der Waals surface area (Å²) in [6, 6.07) is 5.85. The van der Waals surface area contributed by atoms with Crippen LogP contribution in [0.2, 0.25) is 0 Å². The summed E-state index contributed by atoms with van der Waals surface area (Å²) in [4.78, 5) is 14.2. The maximum Gasteiger partial charge on any atom is 0.216 e. The molecule has 0 spiro atoms. The predicted octanol–water partition coefficient (Wildman–Crippen LogP) is 0.948. The van der Waals surface area contributed by atoms with Crippen molar-refractivity contribution >= 4 is 16.8 Å². The Labute approximate surface area is 149 Å². The lowest BCUT2D eigenvalue weighted by atomic mass is 10.1. The van der Waals surface area contributed by atoms with Gasteiger partial charge in [0.2, 0.25) is 5.91 Å². The first kappa shape index (κ1) is 19.3. The Hall–Kier alpha value is -2.05. The zero-order valence-electron chi connectivity index (χ0n) is 15.6. The number of carbonyl (C=O) groups excluding carboxylic acids is 1. The molecule has 0 unspecified atom stereocenters. The average molecular weight is 348 g/mol. The Morgan fingerprint density at radius 3 is 2.84 bits per heavy atom. The van der Waals surface area contributed by atoms with Crippen LogP contribution < -0.4 is 15.4 Å². The van der Waals surface area contributed by atoms with E-state index in [4.69, 9.17) is 4.74 Å². The van der Waals surface area contributed by atoms with Crippen molar-refractivity contribution in [2.45, 2.75) is 45.8 Å². The number of ether oxygens (including phenoxy) is 1. The van der Waals surface area contributed by atoms with Crippen molar-refractivity contribution in [1.29, 1.82) is 0 Å². The van der Waals surface area contributed by atoms with Crippen LogP contribution in [0, 0.1) is 0 Å². The van der Waals surface area contributed by atoms with Crippen molar-refractivity contribution < 1.29 is 20.0 Å². The minimum atomic E-state index is -0.514. The largest absolute Gasteiger partial charge is 0.491 e. The lowest BCUT2D eigenvalue weighted by Gasteiger charge is -2.19. The predicted molar refractivity (Wildman–Crippen MR) is 98.7 cm³/mol. The molecule has 0 radical (unpaired) electrons. The summed E-state index contributed by atoms with van der Waals surface area (Å²) in [5.74, 6) is 0.715. The molecule has 2 aromatic rings. The molecule has 1 heterocycles. The third-order valence-corrected chi connectivity index (χ3v) is 3.95. The van der Waals surface area contributed by atoms with Crippen molar-refractivity contribution in [3.8, 4) is 5.75 Å². The van der Waals surface area contributed by atoms with E-state index in [-0.39, 0.29) is 18.1 Å². The van der Waals surface area contributed by atoms with Gasteiger partial charge in [0.05, 0.1) is 5.54 Å². The van der Waals surface area contributed by atoms with E-state index in [0.717, 1.165) is 28.6 Å². The van der Waals surface area contributed by atoms with Gasteiger partial charge in [-0.25, -0.2) is 0 Å². The van der Waals surface area contributed by atoms with Gasteiger partial charge >= 0.3 is 0 Å². The highest BCUT2D eigenvalue weighted by Gasteiger charge is 2.16. The number of hydrogen-bond donors (Lipinski definition) is 4. The summed E-state index contributed by atoms with van der Waals surface area (Å²) in [6.45, 7) is 9.34. The quantitative estimate of drug-likeness (QED) is 0.572. The number of benzene rings is 1. The number of aromatic amines is 1. The van der Waals surface area contributed by atoms with E-state index in [9.17, 15) is 9.90 Å². The highest BCUT2D eigenvalue weighted by molar-refractivity contribution is 5.84. The van der Waals surface area contributed by atoms with Crippen LogP contribution in [0.3, 0.4) is 0 Å². The van der Waals surface area contributed by atoms with Gasteiger partial charge in [-0.05, 0) is 51.0 Å². The summed E-state index contributed by atoms with van der Waals surface area (Å²) in [7, 11) is 0. The smallest absolute Gasteiger partial charge is 0.216 e. The van der Waals surface area contributed by atoms with Crippen LogP contribution in [0.15, 0.2) is 24.4 Å². The lowest BCUT2D eigenvalue weighted by molar-refractivity contribution is -0.722. The molecular weight excluding hydrogens is 318 g/mol. The number of hydrogen-bond acceptors (Lipinski definition) is 3. The number of H-pyrrole nitrogens is 1. The first-order valence-corrected chi connectivity index (χ1v) is 8.74. The molecule has 2 rings (SSSR count). The Morgan fingerprint density at radius 1 is 1.40 bits per heavy atom. The zero-order chi connectivity index (χ0) is 18.4. The van der Waals surface area contributed by atoms with E-state index >= 15 is 0 Å². The molecule has 25 heavy (non-hydrogen) atoms. The van der Waals surface area contributed by atoms with E-state index < -0.39 is 6.10 Å². The molecule has 1 amide bonds. The van der Waals surface area contributed by atoms with Gasteiger partial charge in [-0.3, -0.25) is 4.79 Å². The molecule has 0 bridgehead atoms. The third kappa shape index (κ3) is 6.40. The number of fused-ring (bicyclic) bond motifs is 1. The number of amides is 1. The van der Waals surface area contributed by atoms with Crippen LogP contribution in [0.5, 0.6) is 5.75 Å². The van der Waals surface area contributed by atoms with Crippen LogP contribution in [0.25, 0.3) is 10.9 Å². The summed E-state index contributed by atoms with van der Waals surface area (Å²) >= 11 is 0. The Balaban J connectivity index is 1.94. The monoisotopic (exact) mass is 348 g/mol. The van der Waals surface area contributed by atoms with Gasteiger partial charge in [0.1, 0.15) is 25.0 Å². The van der Waals surface area contributed by atoms with E-state index in [1.54, 1.807) is 0 Å². The lowest BCUT2D eigenvalue weighted by Crippen LogP contribution is -2.96. The number of carbonyl (C=O) groups is 1. The molecule has 0 saturated heterocycles. The molecule has 0 aliphatic rings. The molecule has 1 aromatic heterocycles. The number of aromatic nitrogens is 1. The molecular formula is C19H30N3O3+. The Bertz CT molecular complexity index is 703. The second-order valence-electron chi connectivity index (χ2n) is 7.52. The second kappa shape index (κ2) is 8.36. The van der Waals surface area contributed by atoms with Crippen molar-refractivity contribution in [2.24, 2.45) is 0 Å². The van der Waals surface area contributed by atoms with Gasteiger partial charge in [-0.2, -0.15) is 0 Å². The second-order valence-corrected chi connectivity index (χ2v) is 7.52. The summed E-state index contributed by atoms with van der Waals surface area (Å²) in [5, 5.41) is 16.1. The van der Waals surface area contributed by atoms with E-state index in [0.29, 0.717) is 13.1 Å². The topological polar surface area (TPSA) is 91.0 Å². The Morgan fingerprint density at radius 2 is 2.16 bits per heavy atom. The molecule has 0 aliphatic carbocycles. The average Bonchev–Trinajstić information content (AvgIpc) is 2.92. The fourth-order valence-corrected chi connectivity index (χ4v) is 2.58. The van der Waals surface area contributed by atoms with Crippen molar-refractivity contribution in [2.75, 3.05) is 19.7 Å². The van der Waals surface area contributed by atoms with E-state index in [2.05, 4.69) is 36.4 Å². The molecule has 1 atom stereocenters. The van der Waals surface area contributed by atoms with Crippen LogP contribution in [-0.4, -0.2) is 47.3 Å². The molecule has 0 aliphatic heterocycles. The minimum Gasteiger partial charge on any atom is -0.491 e. The fraction of sp³-hybridized carbons (Fsp3) is 0.526. The van der Waals surface area contributed by atoms with Crippen LogP contribution in [-0.2, 0) is 11.2 Å². The SMILES string of the molecule is CC(=O)NCCc1c[nH]c2ccc(OC[C@H](O)C[NH2+]C(C)(C)C)cc12. The van der Waals surface area contributed by atoms with Gasteiger partial charge < -0.3 is 25.5 Å². The summed E-state index contributed by atoms with van der Waals surface area (Å²) in [5.41, 5.74) is 2.26. The zero-order valence-corrected chi connectivity index (χ0v) is 15.6. The van der Waals surface area contributed by atoms with Crippen LogP contribution in [0.4, 0.5) is 0 Å². The number of rotatable bonds is 8. The van der Waals surface area contributed by atoms with Gasteiger partial charge in [0.15, 0.2) is 0 Å². The molecule has 5 N–H and O–H groups in total. The van der Waals surface area contributed by atoms with Gasteiger partial charge in [-0.1, -0.05) is 0 Å². The molecule has 0 saturated carbocycles. The maximum absolute atomic E-state index is 11.0. The fourth-order valence-electron chi connectivity index (χ4n) is 2.58. The summed E-state index contributed by atoms with van der Waals surface area (Å²) < 4.78 is 5.75. The number of quaternary nitrogens is 1. The highest BCUT2D eigenvalue weighted by Crippen LogP contribution is 2.24. The van der Waals surface area contributed by atoms with Crippen molar-refractivity contribution in [3.63, 3.8) is 0 Å². The van der Waals surface area contributed by atoms with Crippen LogP contribution >= 0.6 is 0 Å². The molecule has 0 fully saturated rings.